The molecule has 3 heterocycles. The number of aromatic nitrogens is 1. The van der Waals surface area contributed by atoms with Gasteiger partial charge in [-0.2, -0.15) is 0 Å². The molecule has 0 amide bonds. The molecule has 0 saturated carbocycles. The third-order valence-electron chi connectivity index (χ3n) is 5.01. The first-order valence-electron chi connectivity index (χ1n) is 9.37. The molecule has 0 radical (unpaired) electrons. The zero-order chi connectivity index (χ0) is 17.6. The lowest BCUT2D eigenvalue weighted by atomic mass is 10.1. The molecule has 1 unspecified atom stereocenters. The zero-order valence-electron chi connectivity index (χ0n) is 16.1. The Labute approximate surface area is 173 Å². The minimum atomic E-state index is 0. The predicted molar refractivity (Wildman–Crippen MR) is 113 cm³/mol. The third kappa shape index (κ3) is 5.82. The van der Waals surface area contributed by atoms with E-state index in [1.165, 1.54) is 6.42 Å². The summed E-state index contributed by atoms with van der Waals surface area (Å²) in [6.45, 7) is 12.0. The smallest absolute Gasteiger partial charge is 0.194 e. The fourth-order valence-electron chi connectivity index (χ4n) is 3.51. The highest BCUT2D eigenvalue weighted by molar-refractivity contribution is 14.0. The van der Waals surface area contributed by atoms with Gasteiger partial charge in [0.1, 0.15) is 0 Å². The van der Waals surface area contributed by atoms with E-state index in [4.69, 9.17) is 9.26 Å². The minimum Gasteiger partial charge on any atom is -0.379 e. The monoisotopic (exact) mass is 477 g/mol. The van der Waals surface area contributed by atoms with E-state index in [0.29, 0.717) is 18.4 Å². The SMILES string of the molecule is CN=C(NCc1cc(C(C)C)no1)N1CCC(CN2CCOCC2)C1.I. The fourth-order valence-corrected chi connectivity index (χ4v) is 3.51. The van der Waals surface area contributed by atoms with Crippen molar-refractivity contribution >= 4 is 29.9 Å². The van der Waals surface area contributed by atoms with E-state index >= 15 is 0 Å². The van der Waals surface area contributed by atoms with E-state index in [0.717, 1.165) is 63.4 Å². The average Bonchev–Trinajstić information content (AvgIpc) is 3.26. The molecule has 2 aliphatic heterocycles. The number of hydrogen-bond acceptors (Lipinski definition) is 5. The molecule has 1 aromatic rings. The van der Waals surface area contributed by atoms with Crippen LogP contribution in [-0.2, 0) is 11.3 Å². The van der Waals surface area contributed by atoms with Crippen LogP contribution >= 0.6 is 24.0 Å². The van der Waals surface area contributed by atoms with Crippen LogP contribution in [0.1, 0.15) is 37.6 Å². The number of guanidine groups is 1. The standard InChI is InChI=1S/C18H31N5O2.HI/c1-14(2)17-10-16(25-21-17)11-20-18(19-3)23-5-4-15(13-23)12-22-6-8-24-9-7-22;/h10,14-15H,4-9,11-13H2,1-3H3,(H,19,20);1H. The summed E-state index contributed by atoms with van der Waals surface area (Å²) < 4.78 is 10.8. The molecule has 1 aromatic heterocycles. The first-order chi connectivity index (χ1) is 12.2. The van der Waals surface area contributed by atoms with E-state index in [1.807, 2.05) is 13.1 Å². The number of aliphatic imine (C=N–C) groups is 1. The second-order valence-electron chi connectivity index (χ2n) is 7.29. The van der Waals surface area contributed by atoms with Gasteiger partial charge in [0, 0.05) is 45.8 Å². The highest BCUT2D eigenvalue weighted by Gasteiger charge is 2.27. The molecule has 2 fully saturated rings. The molecule has 148 valence electrons. The van der Waals surface area contributed by atoms with Gasteiger partial charge in [0.25, 0.3) is 0 Å². The van der Waals surface area contributed by atoms with Crippen molar-refractivity contribution in [2.45, 2.75) is 32.7 Å². The number of nitrogens with zero attached hydrogens (tertiary/aromatic N) is 4. The minimum absolute atomic E-state index is 0. The van der Waals surface area contributed by atoms with Crippen LogP contribution in [-0.4, -0.2) is 73.9 Å². The van der Waals surface area contributed by atoms with Crippen LogP contribution < -0.4 is 5.32 Å². The van der Waals surface area contributed by atoms with Gasteiger partial charge in [-0.05, 0) is 18.3 Å². The molecule has 0 bridgehead atoms. The molecular formula is C18H32IN5O2. The highest BCUT2D eigenvalue weighted by atomic mass is 127. The molecule has 2 aliphatic rings. The van der Waals surface area contributed by atoms with Crippen molar-refractivity contribution in [1.29, 1.82) is 0 Å². The van der Waals surface area contributed by atoms with Crippen molar-refractivity contribution in [3.05, 3.63) is 17.5 Å². The molecule has 2 saturated heterocycles. The van der Waals surface area contributed by atoms with Gasteiger partial charge in [0.2, 0.25) is 0 Å². The van der Waals surface area contributed by atoms with Crippen LogP contribution in [0.15, 0.2) is 15.6 Å². The molecule has 26 heavy (non-hydrogen) atoms. The van der Waals surface area contributed by atoms with Crippen LogP contribution in [0.5, 0.6) is 0 Å². The largest absolute Gasteiger partial charge is 0.379 e. The van der Waals surface area contributed by atoms with Gasteiger partial charge >= 0.3 is 0 Å². The second kappa shape index (κ2) is 10.5. The first kappa shape index (κ1) is 21.4. The van der Waals surface area contributed by atoms with E-state index in [9.17, 15) is 0 Å². The summed E-state index contributed by atoms with van der Waals surface area (Å²) in [5, 5.41) is 7.52. The number of likely N-dealkylation sites (tertiary alicyclic amines) is 1. The fraction of sp³-hybridized carbons (Fsp3) is 0.778. The van der Waals surface area contributed by atoms with Gasteiger partial charge in [-0.1, -0.05) is 19.0 Å². The summed E-state index contributed by atoms with van der Waals surface area (Å²) in [7, 11) is 1.84. The maximum Gasteiger partial charge on any atom is 0.194 e. The Morgan fingerprint density at radius 3 is 2.77 bits per heavy atom. The molecule has 1 atom stereocenters. The first-order valence-corrected chi connectivity index (χ1v) is 9.37. The highest BCUT2D eigenvalue weighted by Crippen LogP contribution is 2.19. The molecule has 7 nitrogen and oxygen atoms in total. The molecule has 0 aliphatic carbocycles. The molecule has 0 spiro atoms. The van der Waals surface area contributed by atoms with E-state index in [-0.39, 0.29) is 24.0 Å². The van der Waals surface area contributed by atoms with Crippen molar-refractivity contribution in [1.82, 2.24) is 20.3 Å². The van der Waals surface area contributed by atoms with Crippen LogP contribution in [0.4, 0.5) is 0 Å². The van der Waals surface area contributed by atoms with Crippen molar-refractivity contribution < 1.29 is 9.26 Å². The normalized spacial score (nSPS) is 21.9. The van der Waals surface area contributed by atoms with Gasteiger partial charge in [-0.15, -0.1) is 24.0 Å². The summed E-state index contributed by atoms with van der Waals surface area (Å²) in [6, 6.07) is 2.02. The Morgan fingerprint density at radius 1 is 1.35 bits per heavy atom. The lowest BCUT2D eigenvalue weighted by molar-refractivity contribution is 0.0315. The number of nitrogens with one attached hydrogen (secondary N) is 1. The van der Waals surface area contributed by atoms with Gasteiger partial charge < -0.3 is 19.5 Å². The molecule has 3 rings (SSSR count). The van der Waals surface area contributed by atoms with Gasteiger partial charge in [-0.25, -0.2) is 0 Å². The number of hydrogen-bond donors (Lipinski definition) is 1. The second-order valence-corrected chi connectivity index (χ2v) is 7.29. The Bertz CT molecular complexity index is 572. The number of ether oxygens (including phenoxy) is 1. The molecular weight excluding hydrogens is 445 g/mol. The zero-order valence-corrected chi connectivity index (χ0v) is 18.4. The van der Waals surface area contributed by atoms with E-state index in [2.05, 4.69) is 39.1 Å². The number of rotatable bonds is 5. The number of morpholine rings is 1. The van der Waals surface area contributed by atoms with Gasteiger partial charge in [0.05, 0.1) is 25.5 Å². The van der Waals surface area contributed by atoms with Crippen molar-refractivity contribution in [3.8, 4) is 0 Å². The Morgan fingerprint density at radius 2 is 2.12 bits per heavy atom. The van der Waals surface area contributed by atoms with E-state index in [1.54, 1.807) is 0 Å². The summed E-state index contributed by atoms with van der Waals surface area (Å²) >= 11 is 0. The summed E-state index contributed by atoms with van der Waals surface area (Å²) in [6.07, 6.45) is 1.22. The Hall–Kier alpha value is -0.870. The van der Waals surface area contributed by atoms with E-state index < -0.39 is 0 Å². The van der Waals surface area contributed by atoms with Gasteiger partial charge in [-0.3, -0.25) is 9.89 Å². The average molecular weight is 477 g/mol. The predicted octanol–water partition coefficient (Wildman–Crippen LogP) is 2.15. The molecule has 1 N–H and O–H groups in total. The molecule has 0 aromatic carbocycles. The summed E-state index contributed by atoms with van der Waals surface area (Å²) in [5.41, 5.74) is 0.999. The topological polar surface area (TPSA) is 66.1 Å². The lowest BCUT2D eigenvalue weighted by Gasteiger charge is -2.29. The maximum atomic E-state index is 5.44. The van der Waals surface area contributed by atoms with Crippen molar-refractivity contribution in [3.63, 3.8) is 0 Å². The maximum absolute atomic E-state index is 5.44. The summed E-state index contributed by atoms with van der Waals surface area (Å²) in [5.74, 6) is 2.90. The van der Waals surface area contributed by atoms with Crippen LogP contribution in [0, 0.1) is 5.92 Å². The Balaban J connectivity index is 0.00000243. The quantitative estimate of drug-likeness (QED) is 0.399. The van der Waals surface area contributed by atoms with Crippen LogP contribution in [0.25, 0.3) is 0 Å². The lowest BCUT2D eigenvalue weighted by Crippen LogP contribution is -2.42. The Kier molecular flexibility index (Phi) is 8.62. The number of halogens is 1. The van der Waals surface area contributed by atoms with Crippen LogP contribution in [0.3, 0.4) is 0 Å². The van der Waals surface area contributed by atoms with Gasteiger partial charge in [0.15, 0.2) is 11.7 Å². The van der Waals surface area contributed by atoms with Crippen molar-refractivity contribution in [2.24, 2.45) is 10.9 Å². The van der Waals surface area contributed by atoms with Crippen molar-refractivity contribution in [2.75, 3.05) is 53.0 Å². The van der Waals surface area contributed by atoms with Crippen LogP contribution in [0.2, 0.25) is 0 Å². The third-order valence-corrected chi connectivity index (χ3v) is 5.01. The summed E-state index contributed by atoms with van der Waals surface area (Å²) in [4.78, 5) is 9.32. The molecule has 8 heteroatoms.